The first-order valence-corrected chi connectivity index (χ1v) is 8.64. The van der Waals surface area contributed by atoms with Crippen molar-refractivity contribution in [3.05, 3.63) is 59.1 Å². The van der Waals surface area contributed by atoms with Crippen LogP contribution in [0.1, 0.15) is 25.7 Å². The zero-order valence-corrected chi connectivity index (χ0v) is 13.9. The summed E-state index contributed by atoms with van der Waals surface area (Å²) in [5, 5.41) is 7.46. The third kappa shape index (κ3) is 3.20. The molecule has 0 radical (unpaired) electrons. The van der Waals surface area contributed by atoms with Crippen LogP contribution in [-0.2, 0) is 11.3 Å². The van der Waals surface area contributed by atoms with Crippen molar-refractivity contribution < 1.29 is 4.79 Å². The lowest BCUT2D eigenvalue weighted by molar-refractivity contribution is -0.122. The van der Waals surface area contributed by atoms with E-state index in [0.29, 0.717) is 5.52 Å². The molecular weight excluding hydrogens is 316 g/mol. The van der Waals surface area contributed by atoms with Gasteiger partial charge >= 0.3 is 0 Å². The Balaban J connectivity index is 1.59. The molecule has 4 rings (SSSR count). The fourth-order valence-corrected chi connectivity index (χ4v) is 3.40. The number of aromatic nitrogens is 3. The number of nitrogens with one attached hydrogen (secondary N) is 1. The van der Waals surface area contributed by atoms with Gasteiger partial charge in [-0.2, -0.15) is 5.10 Å². The summed E-state index contributed by atoms with van der Waals surface area (Å²) in [6.07, 6.45) is 7.71. The van der Waals surface area contributed by atoms with Gasteiger partial charge in [0.15, 0.2) is 0 Å². The molecule has 1 amide bonds. The number of hydrogen-bond acceptors (Lipinski definition) is 3. The van der Waals surface area contributed by atoms with Gasteiger partial charge in [0.25, 0.3) is 5.56 Å². The van der Waals surface area contributed by atoms with E-state index in [1.165, 1.54) is 4.57 Å². The molecule has 2 heterocycles. The fraction of sp³-hybridized carbons (Fsp3) is 0.316. The Morgan fingerprint density at radius 1 is 1.16 bits per heavy atom. The molecule has 0 aliphatic heterocycles. The number of fused-ring (bicyclic) bond motifs is 1. The summed E-state index contributed by atoms with van der Waals surface area (Å²) in [5.41, 5.74) is 1.95. The molecule has 1 aromatic carbocycles. The fourth-order valence-electron chi connectivity index (χ4n) is 3.40. The molecule has 1 aliphatic carbocycles. The maximum atomic E-state index is 12.7. The van der Waals surface area contributed by atoms with Crippen LogP contribution in [0.3, 0.4) is 0 Å². The van der Waals surface area contributed by atoms with Crippen molar-refractivity contribution in [2.24, 2.45) is 0 Å². The molecule has 0 bridgehead atoms. The summed E-state index contributed by atoms with van der Waals surface area (Å²) < 4.78 is 3.01. The average Bonchev–Trinajstić information content (AvgIpc) is 3.28. The molecule has 0 atom stereocenters. The second-order valence-corrected chi connectivity index (χ2v) is 6.51. The van der Waals surface area contributed by atoms with Crippen LogP contribution in [0.15, 0.2) is 53.6 Å². The van der Waals surface area contributed by atoms with Crippen molar-refractivity contribution >= 4 is 11.4 Å². The molecule has 25 heavy (non-hydrogen) atoms. The molecule has 1 fully saturated rings. The summed E-state index contributed by atoms with van der Waals surface area (Å²) >= 11 is 0. The van der Waals surface area contributed by atoms with Gasteiger partial charge in [-0.3, -0.25) is 9.59 Å². The normalized spacial score (nSPS) is 14.9. The number of rotatable bonds is 4. The van der Waals surface area contributed by atoms with E-state index < -0.39 is 0 Å². The van der Waals surface area contributed by atoms with Crippen LogP contribution >= 0.6 is 0 Å². The maximum absolute atomic E-state index is 12.7. The minimum atomic E-state index is -0.209. The molecule has 1 saturated carbocycles. The predicted molar refractivity (Wildman–Crippen MR) is 95.3 cm³/mol. The standard InChI is InChI=1S/C19H20N4O2/c24-18(20-15-8-4-5-9-15)13-22-10-11-23-17(19(22)25)12-16(21-23)14-6-2-1-3-7-14/h1-3,6-7,10-12,15H,4-5,8-9,13H2,(H,20,24). The molecule has 1 N–H and O–H groups in total. The van der Waals surface area contributed by atoms with Gasteiger partial charge in [-0.15, -0.1) is 0 Å². The minimum absolute atomic E-state index is 0.0394. The van der Waals surface area contributed by atoms with Crippen molar-refractivity contribution in [3.8, 4) is 11.3 Å². The molecule has 6 nitrogen and oxygen atoms in total. The van der Waals surface area contributed by atoms with Crippen molar-refractivity contribution in [2.75, 3.05) is 0 Å². The van der Waals surface area contributed by atoms with Crippen LogP contribution in [0.4, 0.5) is 0 Å². The second-order valence-electron chi connectivity index (χ2n) is 6.51. The molecule has 128 valence electrons. The summed E-state index contributed by atoms with van der Waals surface area (Å²) in [5.74, 6) is -0.110. The molecule has 6 heteroatoms. The highest BCUT2D eigenvalue weighted by Crippen LogP contribution is 2.18. The SMILES string of the molecule is O=C(Cn1ccn2nc(-c3ccccc3)cc2c1=O)NC1CCCC1. The Bertz CT molecular complexity index is 952. The molecule has 0 saturated heterocycles. The molecule has 0 unspecified atom stereocenters. The predicted octanol–water partition coefficient (Wildman–Crippen LogP) is 2.22. The number of benzene rings is 1. The number of carbonyl (C=O) groups excluding carboxylic acids is 1. The first-order valence-electron chi connectivity index (χ1n) is 8.64. The molecular formula is C19H20N4O2. The summed E-state index contributed by atoms with van der Waals surface area (Å²) in [6.45, 7) is 0.0394. The van der Waals surface area contributed by atoms with E-state index in [9.17, 15) is 9.59 Å². The van der Waals surface area contributed by atoms with Crippen LogP contribution < -0.4 is 10.9 Å². The van der Waals surface area contributed by atoms with Crippen molar-refractivity contribution in [2.45, 2.75) is 38.3 Å². The highest BCUT2D eigenvalue weighted by atomic mass is 16.2. The highest BCUT2D eigenvalue weighted by Gasteiger charge is 2.18. The zero-order valence-electron chi connectivity index (χ0n) is 13.9. The van der Waals surface area contributed by atoms with Crippen LogP contribution in [0.25, 0.3) is 16.8 Å². The summed E-state index contributed by atoms with van der Waals surface area (Å²) in [4.78, 5) is 24.9. The van der Waals surface area contributed by atoms with Gasteiger partial charge in [0.05, 0.1) is 5.69 Å². The van der Waals surface area contributed by atoms with Gasteiger partial charge in [0.2, 0.25) is 5.91 Å². The highest BCUT2D eigenvalue weighted by molar-refractivity contribution is 5.76. The number of hydrogen-bond donors (Lipinski definition) is 1. The van der Waals surface area contributed by atoms with E-state index in [4.69, 9.17) is 0 Å². The van der Waals surface area contributed by atoms with E-state index in [1.54, 1.807) is 23.0 Å². The Kier molecular flexibility index (Phi) is 4.09. The first-order chi connectivity index (χ1) is 12.2. The molecule has 3 aromatic rings. The Morgan fingerprint density at radius 2 is 1.92 bits per heavy atom. The van der Waals surface area contributed by atoms with E-state index in [1.807, 2.05) is 30.3 Å². The number of carbonyl (C=O) groups is 1. The Morgan fingerprint density at radius 3 is 2.68 bits per heavy atom. The second kappa shape index (κ2) is 6.55. The lowest BCUT2D eigenvalue weighted by atomic mass is 10.1. The average molecular weight is 336 g/mol. The van der Waals surface area contributed by atoms with E-state index in [0.717, 1.165) is 36.9 Å². The van der Waals surface area contributed by atoms with Crippen LogP contribution in [-0.4, -0.2) is 26.1 Å². The number of nitrogens with zero attached hydrogens (tertiary/aromatic N) is 3. The quantitative estimate of drug-likeness (QED) is 0.794. The largest absolute Gasteiger partial charge is 0.352 e. The van der Waals surface area contributed by atoms with Crippen LogP contribution in [0.5, 0.6) is 0 Å². The lowest BCUT2D eigenvalue weighted by Gasteiger charge is -2.12. The Labute approximate surface area is 145 Å². The zero-order chi connectivity index (χ0) is 17.2. The van der Waals surface area contributed by atoms with Gasteiger partial charge in [0.1, 0.15) is 12.1 Å². The lowest BCUT2D eigenvalue weighted by Crippen LogP contribution is -2.37. The molecule has 2 aromatic heterocycles. The monoisotopic (exact) mass is 336 g/mol. The van der Waals surface area contributed by atoms with E-state index in [-0.39, 0.29) is 24.1 Å². The third-order valence-electron chi connectivity index (χ3n) is 4.71. The van der Waals surface area contributed by atoms with E-state index >= 15 is 0 Å². The van der Waals surface area contributed by atoms with Crippen molar-refractivity contribution in [1.29, 1.82) is 0 Å². The van der Waals surface area contributed by atoms with Gasteiger partial charge in [-0.25, -0.2) is 4.52 Å². The molecule has 1 aliphatic rings. The minimum Gasteiger partial charge on any atom is -0.352 e. The van der Waals surface area contributed by atoms with Crippen molar-refractivity contribution in [3.63, 3.8) is 0 Å². The van der Waals surface area contributed by atoms with Gasteiger partial charge in [-0.1, -0.05) is 43.2 Å². The van der Waals surface area contributed by atoms with Crippen molar-refractivity contribution in [1.82, 2.24) is 19.5 Å². The first kappa shape index (κ1) is 15.6. The third-order valence-corrected chi connectivity index (χ3v) is 4.71. The van der Waals surface area contributed by atoms with Gasteiger partial charge in [-0.05, 0) is 18.9 Å². The maximum Gasteiger partial charge on any atom is 0.277 e. The Hall–Kier alpha value is -2.89. The number of amides is 1. The van der Waals surface area contributed by atoms with Gasteiger partial charge < -0.3 is 9.88 Å². The molecule has 0 spiro atoms. The van der Waals surface area contributed by atoms with Crippen LogP contribution in [0.2, 0.25) is 0 Å². The van der Waals surface area contributed by atoms with Crippen LogP contribution in [0, 0.1) is 0 Å². The smallest absolute Gasteiger partial charge is 0.277 e. The van der Waals surface area contributed by atoms with Gasteiger partial charge in [0, 0.05) is 24.0 Å². The topological polar surface area (TPSA) is 68.4 Å². The summed E-state index contributed by atoms with van der Waals surface area (Å²) in [6, 6.07) is 11.7. The summed E-state index contributed by atoms with van der Waals surface area (Å²) in [7, 11) is 0. The van der Waals surface area contributed by atoms with E-state index in [2.05, 4.69) is 10.4 Å².